The summed E-state index contributed by atoms with van der Waals surface area (Å²) >= 11 is 0. The van der Waals surface area contributed by atoms with Crippen molar-refractivity contribution < 1.29 is 18.3 Å². The second-order valence-electron chi connectivity index (χ2n) is 9.24. The van der Waals surface area contributed by atoms with Gasteiger partial charge in [-0.05, 0) is 38.8 Å². The third kappa shape index (κ3) is 4.18. The highest BCUT2D eigenvalue weighted by molar-refractivity contribution is 5.88. The van der Waals surface area contributed by atoms with Crippen molar-refractivity contribution in [1.82, 2.24) is 29.7 Å². The van der Waals surface area contributed by atoms with E-state index in [4.69, 9.17) is 14.5 Å². The number of anilines is 1. The number of hydrogen-bond acceptors (Lipinski definition) is 8. The maximum atomic E-state index is 14.9. The lowest BCUT2D eigenvalue weighted by molar-refractivity contribution is -0.164. The molecule has 36 heavy (non-hydrogen) atoms. The molecule has 1 aliphatic heterocycles. The number of benzene rings is 1. The highest BCUT2D eigenvalue weighted by Crippen LogP contribution is 2.36. The molecule has 186 valence electrons. The minimum Gasteiger partial charge on any atom is -0.354 e. The van der Waals surface area contributed by atoms with Gasteiger partial charge in [0.15, 0.2) is 11.9 Å². The van der Waals surface area contributed by atoms with Crippen molar-refractivity contribution in [2.45, 2.75) is 45.1 Å². The number of nitrogens with zero attached hydrogens (tertiary/aromatic N) is 7. The fraction of sp³-hybridized carbons (Fsp3) is 0.400. The molecule has 6 rings (SSSR count). The Bertz CT molecular complexity index is 1460. The zero-order chi connectivity index (χ0) is 25.0. The molecule has 11 heteroatoms. The molecule has 0 spiro atoms. The van der Waals surface area contributed by atoms with E-state index in [1.807, 2.05) is 35.8 Å². The first kappa shape index (κ1) is 22.9. The van der Waals surface area contributed by atoms with E-state index < -0.39 is 17.9 Å². The van der Waals surface area contributed by atoms with Crippen LogP contribution in [0.15, 0.2) is 30.6 Å². The Balaban J connectivity index is 1.44. The first-order valence-corrected chi connectivity index (χ1v) is 11.8. The molecule has 9 nitrogen and oxygen atoms in total. The molecule has 2 atom stereocenters. The lowest BCUT2D eigenvalue weighted by Gasteiger charge is -2.37. The zero-order valence-corrected chi connectivity index (χ0v) is 20.2. The standard InChI is InChI=1S/C25H25F2N7O2/c1-13-14(2)30-24-23(29-13)22(18-7-4-16(26)8-19(18)27)31-25(32-24)33-11-20(36-21(12-33)35-3)15-9-28-34(10-15)17-5-6-17/h4,7-10,17,20-21H,5-6,11-12H2,1-3H3/t20-,21-/m1/s1. The SMILES string of the molecule is CO[C@H]1CN(c2nc(-c3ccc(F)cc3F)c3nc(C)c(C)nc3n2)C[C@H](c2cnn(C3CC3)c2)O1. The molecule has 3 aromatic heterocycles. The van der Waals surface area contributed by atoms with E-state index in [9.17, 15) is 8.78 Å². The van der Waals surface area contributed by atoms with Crippen LogP contribution in [-0.4, -0.2) is 56.2 Å². The van der Waals surface area contributed by atoms with Gasteiger partial charge in [-0.2, -0.15) is 10.1 Å². The number of aromatic nitrogens is 6. The summed E-state index contributed by atoms with van der Waals surface area (Å²) in [6.07, 6.45) is 5.23. The van der Waals surface area contributed by atoms with Gasteiger partial charge in [0.2, 0.25) is 5.95 Å². The van der Waals surface area contributed by atoms with E-state index in [-0.39, 0.29) is 17.4 Å². The fourth-order valence-electron chi connectivity index (χ4n) is 4.37. The van der Waals surface area contributed by atoms with E-state index in [1.165, 1.54) is 12.1 Å². The molecule has 0 bridgehead atoms. The van der Waals surface area contributed by atoms with Crippen LogP contribution in [0.1, 0.15) is 41.9 Å². The van der Waals surface area contributed by atoms with Crippen LogP contribution >= 0.6 is 0 Å². The number of ether oxygens (including phenoxy) is 2. The lowest BCUT2D eigenvalue weighted by Crippen LogP contribution is -2.45. The summed E-state index contributed by atoms with van der Waals surface area (Å²) in [6.45, 7) is 4.45. The largest absolute Gasteiger partial charge is 0.354 e. The van der Waals surface area contributed by atoms with Crippen LogP contribution in [0.3, 0.4) is 0 Å². The highest BCUT2D eigenvalue weighted by Gasteiger charge is 2.33. The van der Waals surface area contributed by atoms with Crippen molar-refractivity contribution in [3.05, 3.63) is 59.2 Å². The molecule has 4 aromatic rings. The minimum absolute atomic E-state index is 0.126. The molecule has 1 saturated heterocycles. The summed E-state index contributed by atoms with van der Waals surface area (Å²) in [5, 5.41) is 4.49. The number of aryl methyl sites for hydroxylation is 2. The van der Waals surface area contributed by atoms with E-state index >= 15 is 0 Å². The van der Waals surface area contributed by atoms with Crippen molar-refractivity contribution in [2.24, 2.45) is 0 Å². The van der Waals surface area contributed by atoms with Crippen LogP contribution in [0.2, 0.25) is 0 Å². The van der Waals surface area contributed by atoms with Crippen LogP contribution in [0, 0.1) is 25.5 Å². The number of fused-ring (bicyclic) bond motifs is 1. The average molecular weight is 494 g/mol. The van der Waals surface area contributed by atoms with Crippen molar-refractivity contribution in [3.8, 4) is 11.3 Å². The summed E-state index contributed by atoms with van der Waals surface area (Å²) < 4.78 is 42.2. The van der Waals surface area contributed by atoms with E-state index in [0.29, 0.717) is 47.6 Å². The fourth-order valence-corrected chi connectivity index (χ4v) is 4.37. The average Bonchev–Trinajstić information content (AvgIpc) is 3.60. The number of hydrogen-bond donors (Lipinski definition) is 0. The third-order valence-electron chi connectivity index (χ3n) is 6.65. The smallest absolute Gasteiger partial charge is 0.228 e. The molecule has 1 saturated carbocycles. The molecule has 0 unspecified atom stereocenters. The summed E-state index contributed by atoms with van der Waals surface area (Å²) in [5.41, 5.74) is 3.39. The van der Waals surface area contributed by atoms with E-state index in [1.54, 1.807) is 7.11 Å². The topological polar surface area (TPSA) is 91.1 Å². The summed E-state index contributed by atoms with van der Waals surface area (Å²) in [5.74, 6) is -1.06. The lowest BCUT2D eigenvalue weighted by atomic mass is 10.1. The van der Waals surface area contributed by atoms with Gasteiger partial charge in [-0.3, -0.25) is 4.68 Å². The summed E-state index contributed by atoms with van der Waals surface area (Å²) in [6, 6.07) is 3.85. The van der Waals surface area contributed by atoms with Crippen molar-refractivity contribution >= 4 is 17.1 Å². The number of methoxy groups -OCH3 is 1. The van der Waals surface area contributed by atoms with Gasteiger partial charge in [-0.25, -0.2) is 23.7 Å². The normalized spacial score (nSPS) is 20.3. The molecule has 2 fully saturated rings. The van der Waals surface area contributed by atoms with Gasteiger partial charge in [0.1, 0.15) is 28.9 Å². The van der Waals surface area contributed by atoms with Crippen molar-refractivity contribution in [2.75, 3.05) is 25.1 Å². The first-order valence-electron chi connectivity index (χ1n) is 11.8. The molecular formula is C25H25F2N7O2. The van der Waals surface area contributed by atoms with Gasteiger partial charge < -0.3 is 14.4 Å². The molecule has 1 aliphatic carbocycles. The number of morpholine rings is 1. The first-order chi connectivity index (χ1) is 17.4. The number of rotatable bonds is 5. The molecule has 0 N–H and O–H groups in total. The van der Waals surface area contributed by atoms with Gasteiger partial charge >= 0.3 is 0 Å². The maximum absolute atomic E-state index is 14.9. The van der Waals surface area contributed by atoms with Gasteiger partial charge in [0, 0.05) is 30.5 Å². The van der Waals surface area contributed by atoms with Crippen molar-refractivity contribution in [3.63, 3.8) is 0 Å². The Morgan fingerprint density at radius 1 is 1.03 bits per heavy atom. The summed E-state index contributed by atoms with van der Waals surface area (Å²) in [7, 11) is 1.58. The molecule has 4 heterocycles. The number of halogens is 2. The second-order valence-corrected chi connectivity index (χ2v) is 9.24. The van der Waals surface area contributed by atoms with Gasteiger partial charge in [-0.1, -0.05) is 0 Å². The predicted molar refractivity (Wildman–Crippen MR) is 127 cm³/mol. The zero-order valence-electron chi connectivity index (χ0n) is 20.2. The van der Waals surface area contributed by atoms with Crippen molar-refractivity contribution in [1.29, 1.82) is 0 Å². The molecule has 0 radical (unpaired) electrons. The van der Waals surface area contributed by atoms with E-state index in [0.717, 1.165) is 24.5 Å². The maximum Gasteiger partial charge on any atom is 0.228 e. The molecular weight excluding hydrogens is 468 g/mol. The third-order valence-corrected chi connectivity index (χ3v) is 6.65. The van der Waals surface area contributed by atoms with Gasteiger partial charge in [0.05, 0.1) is 36.7 Å². The van der Waals surface area contributed by atoms with Crippen LogP contribution in [0.4, 0.5) is 14.7 Å². The van der Waals surface area contributed by atoms with Crippen LogP contribution in [0.25, 0.3) is 22.4 Å². The van der Waals surface area contributed by atoms with Gasteiger partial charge in [0.25, 0.3) is 0 Å². The highest BCUT2D eigenvalue weighted by atomic mass is 19.1. The Morgan fingerprint density at radius 3 is 2.58 bits per heavy atom. The Kier molecular flexibility index (Phi) is 5.60. The van der Waals surface area contributed by atoms with Gasteiger partial charge in [-0.15, -0.1) is 0 Å². The van der Waals surface area contributed by atoms with Crippen LogP contribution < -0.4 is 4.90 Å². The quantitative estimate of drug-likeness (QED) is 0.411. The predicted octanol–water partition coefficient (Wildman–Crippen LogP) is 4.06. The monoisotopic (exact) mass is 493 g/mol. The molecule has 2 aliphatic rings. The Labute approximate surface area is 206 Å². The molecule has 1 aromatic carbocycles. The second kappa shape index (κ2) is 8.82. The molecule has 0 amide bonds. The minimum atomic E-state index is -0.733. The van der Waals surface area contributed by atoms with Crippen LogP contribution in [0.5, 0.6) is 0 Å². The van der Waals surface area contributed by atoms with E-state index in [2.05, 4.69) is 20.1 Å². The van der Waals surface area contributed by atoms with Crippen LogP contribution in [-0.2, 0) is 9.47 Å². The Morgan fingerprint density at radius 2 is 1.83 bits per heavy atom. The summed E-state index contributed by atoms with van der Waals surface area (Å²) in [4.78, 5) is 20.5. The Hall–Kier alpha value is -3.57.